The maximum absolute atomic E-state index is 13.5. The van der Waals surface area contributed by atoms with Crippen LogP contribution in [-0.2, 0) is 15.3 Å². The number of aromatic hydroxyl groups is 1. The van der Waals surface area contributed by atoms with Gasteiger partial charge in [0.2, 0.25) is 5.79 Å². The lowest BCUT2D eigenvalue weighted by molar-refractivity contribution is -0.354. The molecule has 5 heteroatoms. The summed E-state index contributed by atoms with van der Waals surface area (Å²) in [4.78, 5) is 13.5. The lowest BCUT2D eigenvalue weighted by atomic mass is 9.48. The molecular formula is C21H24O5. The molecule has 2 fully saturated rings. The molecule has 5 nitrogen and oxygen atoms in total. The number of phenolic OH excluding ortho intramolecular Hbond substituents is 1. The van der Waals surface area contributed by atoms with Gasteiger partial charge >= 0.3 is 0 Å². The number of ether oxygens (including phenoxy) is 2. The molecule has 4 aliphatic rings. The molecule has 0 saturated carbocycles. The molecule has 0 amide bonds. The molecule has 2 aliphatic heterocycles. The molecule has 5 atom stereocenters. The van der Waals surface area contributed by atoms with Crippen LogP contribution in [0.1, 0.15) is 56.5 Å². The maximum Gasteiger partial charge on any atom is 0.231 e. The van der Waals surface area contributed by atoms with Crippen LogP contribution < -0.4 is 0 Å². The minimum atomic E-state index is -1.58. The fraction of sp³-hybridized carbons (Fsp3) is 0.571. The molecule has 2 bridgehead atoms. The van der Waals surface area contributed by atoms with Gasteiger partial charge in [0, 0.05) is 11.5 Å². The Balaban J connectivity index is 1.93. The molecule has 0 unspecified atom stereocenters. The highest BCUT2D eigenvalue weighted by Gasteiger charge is 2.80. The smallest absolute Gasteiger partial charge is 0.231 e. The van der Waals surface area contributed by atoms with Crippen LogP contribution in [0.25, 0.3) is 0 Å². The summed E-state index contributed by atoms with van der Waals surface area (Å²) in [5.74, 6) is -2.06. The van der Waals surface area contributed by atoms with E-state index in [2.05, 4.69) is 6.08 Å². The van der Waals surface area contributed by atoms with Crippen molar-refractivity contribution in [3.05, 3.63) is 41.0 Å². The first-order chi connectivity index (χ1) is 12.1. The minimum absolute atomic E-state index is 0.0735. The highest BCUT2D eigenvalue weighted by molar-refractivity contribution is 6.05. The predicted molar refractivity (Wildman–Crippen MR) is 93.7 cm³/mol. The van der Waals surface area contributed by atoms with Crippen molar-refractivity contribution in [1.29, 1.82) is 0 Å². The van der Waals surface area contributed by atoms with Crippen LogP contribution in [0.5, 0.6) is 5.75 Å². The van der Waals surface area contributed by atoms with E-state index < -0.39 is 22.4 Å². The number of aliphatic hydroxyl groups is 1. The van der Waals surface area contributed by atoms with E-state index in [1.165, 1.54) is 6.07 Å². The van der Waals surface area contributed by atoms with Gasteiger partial charge in [-0.2, -0.15) is 0 Å². The molecule has 0 radical (unpaired) electrons. The molecule has 26 heavy (non-hydrogen) atoms. The lowest BCUT2D eigenvalue weighted by Crippen LogP contribution is -2.73. The Morgan fingerprint density at radius 3 is 2.69 bits per heavy atom. The van der Waals surface area contributed by atoms with E-state index in [9.17, 15) is 15.0 Å². The molecule has 1 spiro atoms. The molecule has 138 valence electrons. The highest BCUT2D eigenvalue weighted by Crippen LogP contribution is 2.70. The van der Waals surface area contributed by atoms with Crippen LogP contribution in [0.2, 0.25) is 0 Å². The van der Waals surface area contributed by atoms with E-state index in [-0.39, 0.29) is 29.1 Å². The maximum atomic E-state index is 13.5. The first-order valence-electron chi connectivity index (χ1n) is 9.23. The van der Waals surface area contributed by atoms with Gasteiger partial charge in [-0.1, -0.05) is 23.8 Å². The fourth-order valence-corrected chi connectivity index (χ4v) is 5.78. The van der Waals surface area contributed by atoms with Gasteiger partial charge in [0.25, 0.3) is 0 Å². The second kappa shape index (κ2) is 4.41. The third-order valence-corrected chi connectivity index (χ3v) is 7.29. The number of carbonyl (C=O) groups excluding carboxylic acids is 1. The standard InChI is InChI=1S/C21H24O5/c1-11-8-9-19(4)17(23)12-6-5-7-14(22)16(12)21-20(19,24)13(11)10-15(25-21)18(2,3)26-21/h5-8,13,15,22,24H,9-10H2,1-4H3/t13-,15+,19-,20+,21+/m1/s1. The van der Waals surface area contributed by atoms with Crippen LogP contribution in [0.4, 0.5) is 0 Å². The Morgan fingerprint density at radius 2 is 1.96 bits per heavy atom. The zero-order chi connectivity index (χ0) is 18.7. The summed E-state index contributed by atoms with van der Waals surface area (Å²) in [6, 6.07) is 4.87. The van der Waals surface area contributed by atoms with Crippen molar-refractivity contribution in [3.8, 4) is 5.75 Å². The first kappa shape index (κ1) is 16.5. The van der Waals surface area contributed by atoms with Gasteiger partial charge in [-0.25, -0.2) is 0 Å². The molecular weight excluding hydrogens is 332 g/mol. The van der Waals surface area contributed by atoms with E-state index in [4.69, 9.17) is 9.47 Å². The van der Waals surface area contributed by atoms with Crippen molar-refractivity contribution in [2.45, 2.75) is 63.6 Å². The van der Waals surface area contributed by atoms with Gasteiger partial charge in [0.1, 0.15) is 11.4 Å². The summed E-state index contributed by atoms with van der Waals surface area (Å²) in [7, 11) is 0. The third kappa shape index (κ3) is 1.46. The number of benzene rings is 1. The first-order valence-corrected chi connectivity index (χ1v) is 9.23. The SMILES string of the molecule is CC1=CC[C@]2(C)C(=O)c3cccc(O)c3[C@@]34O[C@@H](C[C@H]1[C@@]32O)C(C)(C)O4. The Bertz CT molecular complexity index is 886. The number of Topliss-reactive ketones (excluding diaryl/α,β-unsaturated/α-hetero) is 1. The minimum Gasteiger partial charge on any atom is -0.507 e. The average molecular weight is 356 g/mol. The van der Waals surface area contributed by atoms with Crippen molar-refractivity contribution in [1.82, 2.24) is 0 Å². The van der Waals surface area contributed by atoms with Crippen LogP contribution in [0.15, 0.2) is 29.8 Å². The lowest BCUT2D eigenvalue weighted by Gasteiger charge is -2.62. The van der Waals surface area contributed by atoms with Crippen molar-refractivity contribution in [3.63, 3.8) is 0 Å². The summed E-state index contributed by atoms with van der Waals surface area (Å²) >= 11 is 0. The van der Waals surface area contributed by atoms with E-state index in [0.717, 1.165) is 5.57 Å². The molecule has 1 aromatic carbocycles. The number of ketones is 1. The Morgan fingerprint density at radius 1 is 1.23 bits per heavy atom. The zero-order valence-electron chi connectivity index (χ0n) is 15.5. The summed E-state index contributed by atoms with van der Waals surface area (Å²) in [6.07, 6.45) is 2.83. The summed E-state index contributed by atoms with van der Waals surface area (Å²) in [5, 5.41) is 22.9. The number of carbonyl (C=O) groups is 1. The number of phenols is 1. The number of allylic oxidation sites excluding steroid dienone is 1. The summed E-state index contributed by atoms with van der Waals surface area (Å²) < 4.78 is 12.9. The van der Waals surface area contributed by atoms with E-state index in [0.29, 0.717) is 18.4 Å². The number of hydrogen-bond donors (Lipinski definition) is 2. The van der Waals surface area contributed by atoms with Gasteiger partial charge in [-0.15, -0.1) is 0 Å². The second-order valence-corrected chi connectivity index (χ2v) is 9.00. The summed E-state index contributed by atoms with van der Waals surface area (Å²) in [6.45, 7) is 7.69. The van der Waals surface area contributed by atoms with E-state index in [1.807, 2.05) is 20.8 Å². The van der Waals surface area contributed by atoms with Gasteiger partial charge in [-0.05, 0) is 46.6 Å². The Labute approximate surface area is 152 Å². The van der Waals surface area contributed by atoms with Crippen LogP contribution in [0, 0.1) is 11.3 Å². The van der Waals surface area contributed by atoms with Crippen LogP contribution >= 0.6 is 0 Å². The number of fused-ring (bicyclic) bond motifs is 2. The second-order valence-electron chi connectivity index (χ2n) is 9.00. The third-order valence-electron chi connectivity index (χ3n) is 7.29. The molecule has 2 N–H and O–H groups in total. The normalized spacial score (nSPS) is 45.0. The molecule has 2 aliphatic carbocycles. The quantitative estimate of drug-likeness (QED) is 0.699. The van der Waals surface area contributed by atoms with Crippen molar-refractivity contribution >= 4 is 5.78 Å². The van der Waals surface area contributed by atoms with E-state index >= 15 is 0 Å². The zero-order valence-corrected chi connectivity index (χ0v) is 15.5. The van der Waals surface area contributed by atoms with Crippen LogP contribution in [0.3, 0.4) is 0 Å². The highest BCUT2D eigenvalue weighted by atomic mass is 16.8. The largest absolute Gasteiger partial charge is 0.507 e. The average Bonchev–Trinajstić information content (AvgIpc) is 2.80. The predicted octanol–water partition coefficient (Wildman–Crippen LogP) is 3.04. The topological polar surface area (TPSA) is 76.0 Å². The van der Waals surface area contributed by atoms with Gasteiger partial charge in [0.15, 0.2) is 5.78 Å². The van der Waals surface area contributed by atoms with Crippen molar-refractivity contribution in [2.75, 3.05) is 0 Å². The molecule has 5 rings (SSSR count). The molecule has 2 heterocycles. The number of hydrogen-bond acceptors (Lipinski definition) is 5. The fourth-order valence-electron chi connectivity index (χ4n) is 5.78. The Kier molecular flexibility index (Phi) is 2.79. The Hall–Kier alpha value is -1.69. The van der Waals surface area contributed by atoms with Gasteiger partial charge < -0.3 is 19.7 Å². The molecule has 0 aromatic heterocycles. The number of rotatable bonds is 0. The van der Waals surface area contributed by atoms with E-state index in [1.54, 1.807) is 19.1 Å². The van der Waals surface area contributed by atoms with Crippen molar-refractivity contribution in [2.24, 2.45) is 11.3 Å². The monoisotopic (exact) mass is 356 g/mol. The van der Waals surface area contributed by atoms with Gasteiger partial charge in [-0.3, -0.25) is 4.79 Å². The van der Waals surface area contributed by atoms with Crippen LogP contribution in [-0.4, -0.2) is 33.3 Å². The molecule has 1 aromatic rings. The van der Waals surface area contributed by atoms with Gasteiger partial charge in [0.05, 0.1) is 22.7 Å². The molecule has 2 saturated heterocycles. The van der Waals surface area contributed by atoms with Crippen molar-refractivity contribution < 1.29 is 24.5 Å². The summed E-state index contributed by atoms with van der Waals surface area (Å²) in [5.41, 5.74) is -1.60.